The Morgan fingerprint density at radius 3 is 2.70 bits per heavy atom. The number of carbonyl (C=O) groups excluding carboxylic acids is 1. The van der Waals surface area contributed by atoms with Crippen molar-refractivity contribution in [3.63, 3.8) is 0 Å². The fraction of sp³-hybridized carbons (Fsp3) is 0.385. The van der Waals surface area contributed by atoms with E-state index < -0.39 is 12.0 Å². The first kappa shape index (κ1) is 24.4. The number of ether oxygens (including phenoxy) is 1. The minimum atomic E-state index is -3.08. The highest BCUT2D eigenvalue weighted by molar-refractivity contribution is 5.84. The fourth-order valence-corrected chi connectivity index (χ4v) is 3.82. The second-order valence-electron chi connectivity index (χ2n) is 8.59. The SMILES string of the molecule is CCC(F)(F)c1cc(OC(CC(C)C)C(=O)NCCc2c[nH]c3ccccc23)ccc1C=N. The second kappa shape index (κ2) is 10.6. The maximum Gasteiger partial charge on any atom is 0.273 e. The van der Waals surface area contributed by atoms with Crippen LogP contribution in [0.1, 0.15) is 50.3 Å². The van der Waals surface area contributed by atoms with Crippen molar-refractivity contribution in [1.29, 1.82) is 5.41 Å². The molecule has 176 valence electrons. The Morgan fingerprint density at radius 1 is 1.24 bits per heavy atom. The molecular formula is C26H31F2N3O2. The number of halogens is 2. The van der Waals surface area contributed by atoms with E-state index in [9.17, 15) is 13.6 Å². The van der Waals surface area contributed by atoms with Gasteiger partial charge in [-0.2, -0.15) is 0 Å². The summed E-state index contributed by atoms with van der Waals surface area (Å²) < 4.78 is 34.7. The molecule has 1 amide bonds. The standard InChI is InChI=1S/C26H31F2N3O2/c1-4-26(27,28)22-14-20(10-9-18(22)15-29)33-24(13-17(2)3)25(32)30-12-11-19-16-31-23-8-6-5-7-21(19)23/h5-10,14-17,24,29,31H,4,11-13H2,1-3H3,(H,30,32). The Balaban J connectivity index is 1.70. The summed E-state index contributed by atoms with van der Waals surface area (Å²) in [5.41, 5.74) is 2.03. The third-order valence-electron chi connectivity index (χ3n) is 5.64. The number of alkyl halides is 2. The van der Waals surface area contributed by atoms with Crippen LogP contribution in [0.25, 0.3) is 10.9 Å². The van der Waals surface area contributed by atoms with Crippen LogP contribution >= 0.6 is 0 Å². The van der Waals surface area contributed by atoms with Crippen LogP contribution in [0.15, 0.2) is 48.7 Å². The molecule has 1 atom stereocenters. The average Bonchev–Trinajstić information content (AvgIpc) is 3.21. The van der Waals surface area contributed by atoms with Crippen molar-refractivity contribution in [1.82, 2.24) is 10.3 Å². The van der Waals surface area contributed by atoms with Gasteiger partial charge in [-0.1, -0.05) is 39.0 Å². The molecule has 2 aromatic carbocycles. The molecule has 0 aliphatic heterocycles. The molecule has 0 bridgehead atoms. The van der Waals surface area contributed by atoms with Gasteiger partial charge in [-0.15, -0.1) is 0 Å². The molecule has 0 saturated carbocycles. The van der Waals surface area contributed by atoms with Gasteiger partial charge in [-0.05, 0) is 48.6 Å². The van der Waals surface area contributed by atoms with Gasteiger partial charge in [0.15, 0.2) is 6.10 Å². The molecule has 0 fully saturated rings. The fourth-order valence-electron chi connectivity index (χ4n) is 3.82. The molecule has 7 heteroatoms. The van der Waals surface area contributed by atoms with Crippen LogP contribution in [0.3, 0.4) is 0 Å². The first-order chi connectivity index (χ1) is 15.7. The zero-order valence-corrected chi connectivity index (χ0v) is 19.3. The number of nitrogens with one attached hydrogen (secondary N) is 3. The second-order valence-corrected chi connectivity index (χ2v) is 8.59. The minimum Gasteiger partial charge on any atom is -0.481 e. The summed E-state index contributed by atoms with van der Waals surface area (Å²) >= 11 is 0. The normalized spacial score (nSPS) is 12.7. The zero-order chi connectivity index (χ0) is 24.0. The molecule has 33 heavy (non-hydrogen) atoms. The zero-order valence-electron chi connectivity index (χ0n) is 19.3. The van der Waals surface area contributed by atoms with Crippen LogP contribution in [0.5, 0.6) is 5.75 Å². The van der Waals surface area contributed by atoms with Crippen molar-refractivity contribution in [2.24, 2.45) is 5.92 Å². The van der Waals surface area contributed by atoms with Gasteiger partial charge in [0.1, 0.15) is 5.75 Å². The Labute approximate surface area is 193 Å². The highest BCUT2D eigenvalue weighted by atomic mass is 19.3. The summed E-state index contributed by atoms with van der Waals surface area (Å²) in [5, 5.41) is 11.5. The molecule has 3 aromatic rings. The Morgan fingerprint density at radius 2 is 2.00 bits per heavy atom. The van der Waals surface area contributed by atoms with E-state index in [0.717, 1.165) is 22.7 Å². The summed E-state index contributed by atoms with van der Waals surface area (Å²) in [6, 6.07) is 12.2. The summed E-state index contributed by atoms with van der Waals surface area (Å²) in [4.78, 5) is 16.1. The van der Waals surface area contributed by atoms with E-state index in [1.807, 2.05) is 44.3 Å². The molecule has 1 aromatic heterocycles. The third-order valence-corrected chi connectivity index (χ3v) is 5.64. The number of benzene rings is 2. The molecule has 0 aliphatic rings. The van der Waals surface area contributed by atoms with E-state index >= 15 is 0 Å². The molecule has 0 spiro atoms. The number of hydrogen-bond acceptors (Lipinski definition) is 3. The lowest BCUT2D eigenvalue weighted by Crippen LogP contribution is -2.40. The van der Waals surface area contributed by atoms with Crippen molar-refractivity contribution >= 4 is 23.0 Å². The van der Waals surface area contributed by atoms with Gasteiger partial charge in [0.2, 0.25) is 0 Å². The first-order valence-electron chi connectivity index (χ1n) is 11.3. The summed E-state index contributed by atoms with van der Waals surface area (Å²) in [6.07, 6.45) is 2.77. The maximum absolute atomic E-state index is 14.4. The number of para-hydroxylation sites is 1. The highest BCUT2D eigenvalue weighted by Crippen LogP contribution is 2.35. The first-order valence-corrected chi connectivity index (χ1v) is 11.3. The molecule has 0 aliphatic carbocycles. The van der Waals surface area contributed by atoms with Crippen LogP contribution in [0.4, 0.5) is 8.78 Å². The van der Waals surface area contributed by atoms with E-state index in [2.05, 4.69) is 10.3 Å². The van der Waals surface area contributed by atoms with Gasteiger partial charge in [0.05, 0.1) is 0 Å². The van der Waals surface area contributed by atoms with Crippen molar-refractivity contribution < 1.29 is 18.3 Å². The molecule has 1 unspecified atom stereocenters. The van der Waals surface area contributed by atoms with E-state index in [-0.39, 0.29) is 35.1 Å². The molecule has 5 nitrogen and oxygen atoms in total. The van der Waals surface area contributed by atoms with Crippen LogP contribution in [0, 0.1) is 11.3 Å². The Bertz CT molecular complexity index is 1110. The van der Waals surface area contributed by atoms with Crippen molar-refractivity contribution in [3.05, 3.63) is 65.4 Å². The number of fused-ring (bicyclic) bond motifs is 1. The molecule has 0 radical (unpaired) electrons. The largest absolute Gasteiger partial charge is 0.481 e. The molecule has 0 saturated heterocycles. The monoisotopic (exact) mass is 455 g/mol. The minimum absolute atomic E-state index is 0.137. The van der Waals surface area contributed by atoms with Gasteiger partial charge in [0.25, 0.3) is 11.8 Å². The van der Waals surface area contributed by atoms with Gasteiger partial charge in [-0.25, -0.2) is 8.78 Å². The summed E-state index contributed by atoms with van der Waals surface area (Å²) in [6.45, 7) is 5.78. The van der Waals surface area contributed by atoms with Gasteiger partial charge >= 0.3 is 0 Å². The Hall–Kier alpha value is -3.22. The third kappa shape index (κ3) is 5.97. The van der Waals surface area contributed by atoms with Crippen LogP contribution in [0.2, 0.25) is 0 Å². The molecule has 3 rings (SSSR count). The number of carbonyl (C=O) groups is 1. The van der Waals surface area contributed by atoms with Crippen molar-refractivity contribution in [3.8, 4) is 5.75 Å². The van der Waals surface area contributed by atoms with E-state index in [4.69, 9.17) is 10.1 Å². The van der Waals surface area contributed by atoms with Crippen molar-refractivity contribution in [2.75, 3.05) is 6.54 Å². The van der Waals surface area contributed by atoms with Crippen LogP contribution < -0.4 is 10.1 Å². The molecular weight excluding hydrogens is 424 g/mol. The summed E-state index contributed by atoms with van der Waals surface area (Å²) in [5.74, 6) is -2.99. The number of aromatic amines is 1. The maximum atomic E-state index is 14.4. The number of aromatic nitrogens is 1. The topological polar surface area (TPSA) is 78.0 Å². The number of amides is 1. The predicted molar refractivity (Wildman–Crippen MR) is 127 cm³/mol. The molecule has 1 heterocycles. The van der Waals surface area contributed by atoms with Gasteiger partial charge < -0.3 is 20.4 Å². The van der Waals surface area contributed by atoms with Crippen LogP contribution in [-0.2, 0) is 17.1 Å². The number of hydrogen-bond donors (Lipinski definition) is 3. The van der Waals surface area contributed by atoms with Gasteiger partial charge in [0, 0.05) is 47.4 Å². The van der Waals surface area contributed by atoms with E-state index in [1.165, 1.54) is 25.1 Å². The average molecular weight is 456 g/mol. The van der Waals surface area contributed by atoms with E-state index in [0.29, 0.717) is 19.4 Å². The molecule has 3 N–H and O–H groups in total. The van der Waals surface area contributed by atoms with Crippen molar-refractivity contribution in [2.45, 2.75) is 52.1 Å². The van der Waals surface area contributed by atoms with Crippen LogP contribution in [-0.4, -0.2) is 29.8 Å². The number of rotatable bonds is 11. The quantitative estimate of drug-likeness (QED) is 0.319. The predicted octanol–water partition coefficient (Wildman–Crippen LogP) is 5.82. The van der Waals surface area contributed by atoms with Gasteiger partial charge in [-0.3, -0.25) is 4.79 Å². The lowest BCUT2D eigenvalue weighted by molar-refractivity contribution is -0.128. The Kier molecular flexibility index (Phi) is 7.84. The van der Waals surface area contributed by atoms with E-state index in [1.54, 1.807) is 0 Å². The smallest absolute Gasteiger partial charge is 0.273 e. The summed E-state index contributed by atoms with van der Waals surface area (Å²) in [7, 11) is 0. The lowest BCUT2D eigenvalue weighted by Gasteiger charge is -2.22. The lowest BCUT2D eigenvalue weighted by atomic mass is 9.99. The highest BCUT2D eigenvalue weighted by Gasteiger charge is 2.32. The number of H-pyrrole nitrogens is 1.